The van der Waals surface area contributed by atoms with Crippen molar-refractivity contribution in [3.8, 4) is 0 Å². The summed E-state index contributed by atoms with van der Waals surface area (Å²) in [5.74, 6) is -0.415. The molecule has 0 aromatic heterocycles. The van der Waals surface area contributed by atoms with Crippen molar-refractivity contribution >= 4 is 29.1 Å². The van der Waals surface area contributed by atoms with Crippen molar-refractivity contribution in [2.45, 2.75) is 86.7 Å². The Kier molecular flexibility index (Phi) is 8.52. The Labute approximate surface area is 282 Å². The summed E-state index contributed by atoms with van der Waals surface area (Å²) in [6.45, 7) is 15.9. The van der Waals surface area contributed by atoms with Crippen molar-refractivity contribution in [1.29, 1.82) is 0 Å². The maximum Gasteiger partial charge on any atom is 0.331 e. The van der Waals surface area contributed by atoms with Crippen LogP contribution in [0.15, 0.2) is 119 Å². The maximum absolute atomic E-state index is 12.7. The number of aliphatic hydroxyl groups excluding tert-OH is 1. The molecular formula is C39H44N4O5. The van der Waals surface area contributed by atoms with Crippen LogP contribution in [0.4, 0.5) is 0 Å². The van der Waals surface area contributed by atoms with Gasteiger partial charge in [-0.1, -0.05) is 13.8 Å². The van der Waals surface area contributed by atoms with E-state index in [4.69, 9.17) is 24.5 Å². The number of methoxy groups -OCH3 is 1. The fourth-order valence-electron chi connectivity index (χ4n) is 7.20. The van der Waals surface area contributed by atoms with Gasteiger partial charge < -0.3 is 19.9 Å². The first-order chi connectivity index (χ1) is 22.7. The molecule has 0 aromatic carbocycles. The van der Waals surface area contributed by atoms with E-state index in [1.807, 2.05) is 46.8 Å². The van der Waals surface area contributed by atoms with Crippen molar-refractivity contribution < 1.29 is 24.2 Å². The average molecular weight is 649 g/mol. The molecule has 0 spiro atoms. The molecule has 0 aromatic rings. The van der Waals surface area contributed by atoms with Crippen LogP contribution in [0, 0.1) is 11.8 Å². The Morgan fingerprint density at radius 3 is 2.42 bits per heavy atom. The Morgan fingerprint density at radius 2 is 1.73 bits per heavy atom. The third-order valence-corrected chi connectivity index (χ3v) is 9.78. The number of esters is 2. The second-order valence-electron chi connectivity index (χ2n) is 14.0. The molecule has 8 bridgehead atoms. The Morgan fingerprint density at radius 1 is 1.02 bits per heavy atom. The summed E-state index contributed by atoms with van der Waals surface area (Å²) in [5.41, 5.74) is 12.5. The summed E-state index contributed by atoms with van der Waals surface area (Å²) < 4.78 is 10.5. The highest BCUT2D eigenvalue weighted by atomic mass is 16.6. The van der Waals surface area contributed by atoms with E-state index < -0.39 is 11.6 Å². The van der Waals surface area contributed by atoms with Crippen molar-refractivity contribution in [2.24, 2.45) is 26.8 Å². The number of rotatable bonds is 6. The van der Waals surface area contributed by atoms with Crippen molar-refractivity contribution in [3.63, 3.8) is 0 Å². The molecule has 5 aliphatic heterocycles. The second kappa shape index (κ2) is 12.3. The Hall–Kier alpha value is -4.79. The van der Waals surface area contributed by atoms with E-state index in [2.05, 4.69) is 32.2 Å². The molecule has 6 rings (SSSR count). The second-order valence-corrected chi connectivity index (χ2v) is 14.0. The summed E-state index contributed by atoms with van der Waals surface area (Å²) in [5, 5.41) is 15.0. The van der Waals surface area contributed by atoms with Gasteiger partial charge >= 0.3 is 11.9 Å². The van der Waals surface area contributed by atoms with Gasteiger partial charge in [0, 0.05) is 58.9 Å². The number of aliphatic imine (C=N–C) groups is 3. The van der Waals surface area contributed by atoms with E-state index in [1.165, 1.54) is 13.2 Å². The number of hydrogen-bond donors (Lipinski definition) is 2. The summed E-state index contributed by atoms with van der Waals surface area (Å²) in [6.07, 6.45) is 11.3. The SMILES string of the molecule is CCC1=C(C)C2=NC1=CC1=C(C)C3=C(O)CC(=C4NC(=CC5=NC(=C2)C(/C=C\C(=O)OC(C)(C)C)=C5C)[C@@H](C)[C@@H]4CCC(=O)OC)C3=N1. The van der Waals surface area contributed by atoms with Gasteiger partial charge in [-0.25, -0.2) is 19.8 Å². The fourth-order valence-corrected chi connectivity index (χ4v) is 7.20. The lowest BCUT2D eigenvalue weighted by molar-refractivity contribution is -0.148. The third kappa shape index (κ3) is 5.91. The molecular weight excluding hydrogens is 604 g/mol. The number of hydrogen-bond acceptors (Lipinski definition) is 9. The zero-order valence-corrected chi connectivity index (χ0v) is 29.3. The Balaban J connectivity index is 1.55. The van der Waals surface area contributed by atoms with Gasteiger partial charge in [-0.2, -0.15) is 0 Å². The van der Waals surface area contributed by atoms with Crippen LogP contribution in [0.3, 0.4) is 0 Å². The van der Waals surface area contributed by atoms with Gasteiger partial charge in [-0.05, 0) is 101 Å². The normalized spacial score (nSPS) is 23.5. The summed E-state index contributed by atoms with van der Waals surface area (Å²) in [4.78, 5) is 40.3. The van der Waals surface area contributed by atoms with Gasteiger partial charge in [0.1, 0.15) is 11.4 Å². The van der Waals surface area contributed by atoms with Crippen LogP contribution in [-0.4, -0.2) is 46.9 Å². The average Bonchev–Trinajstić information content (AvgIpc) is 3.76. The molecule has 0 saturated carbocycles. The third-order valence-electron chi connectivity index (χ3n) is 9.78. The largest absolute Gasteiger partial charge is 0.511 e. The molecule has 2 N–H and O–H groups in total. The zero-order valence-electron chi connectivity index (χ0n) is 29.3. The molecule has 1 aliphatic carbocycles. The summed E-state index contributed by atoms with van der Waals surface area (Å²) >= 11 is 0. The first-order valence-electron chi connectivity index (χ1n) is 16.7. The number of carbonyl (C=O) groups excluding carboxylic acids is 2. The number of allylic oxidation sites excluding steroid dienone is 12. The van der Waals surface area contributed by atoms with E-state index >= 15 is 0 Å². The van der Waals surface area contributed by atoms with E-state index in [-0.39, 0.29) is 24.2 Å². The molecule has 48 heavy (non-hydrogen) atoms. The van der Waals surface area contributed by atoms with Crippen molar-refractivity contribution in [3.05, 3.63) is 104 Å². The molecule has 0 unspecified atom stereocenters. The highest BCUT2D eigenvalue weighted by molar-refractivity contribution is 6.21. The minimum Gasteiger partial charge on any atom is -0.511 e. The molecule has 6 aliphatic rings. The van der Waals surface area contributed by atoms with Crippen LogP contribution in [-0.2, 0) is 19.1 Å². The molecule has 0 amide bonds. The number of ether oxygens (including phenoxy) is 2. The van der Waals surface area contributed by atoms with Gasteiger partial charge in [0.25, 0.3) is 0 Å². The van der Waals surface area contributed by atoms with Crippen LogP contribution < -0.4 is 5.32 Å². The first-order valence-corrected chi connectivity index (χ1v) is 16.7. The molecule has 0 radical (unpaired) electrons. The number of carbonyl (C=O) groups is 2. The van der Waals surface area contributed by atoms with Crippen molar-refractivity contribution in [1.82, 2.24) is 5.32 Å². The monoisotopic (exact) mass is 648 g/mol. The van der Waals surface area contributed by atoms with Crippen molar-refractivity contribution in [2.75, 3.05) is 7.11 Å². The highest BCUT2D eigenvalue weighted by Gasteiger charge is 2.41. The minimum atomic E-state index is -0.611. The molecule has 9 nitrogen and oxygen atoms in total. The van der Waals surface area contributed by atoms with Gasteiger partial charge in [0.15, 0.2) is 0 Å². The predicted molar refractivity (Wildman–Crippen MR) is 188 cm³/mol. The standard InChI is InChI=1S/C39H44N4O5/c1-10-23-19(2)28-17-32-24(11-14-35(46)48-39(6,7)8)20(3)27(41-32)16-29-21(4)25(12-13-34(45)47-9)37(42-29)26-15-33(44)36-22(5)30(43-38(26)36)18-31(23)40-28/h11,14,16-18,21,25,42,44H,10,12-13,15H2,1-9H3/b14-11-,29-16?,31-18?,32-17?,37-26?/t21-,25-/m0/s1. The highest BCUT2D eigenvalue weighted by Crippen LogP contribution is 2.46. The molecule has 1 saturated heterocycles. The molecule has 2 atom stereocenters. The van der Waals surface area contributed by atoms with Gasteiger partial charge in [0.05, 0.1) is 41.3 Å². The minimum absolute atomic E-state index is 0.0126. The lowest BCUT2D eigenvalue weighted by atomic mass is 9.86. The zero-order chi connectivity index (χ0) is 34.7. The lowest BCUT2D eigenvalue weighted by Gasteiger charge is -2.17. The number of aliphatic hydroxyl groups is 1. The van der Waals surface area contributed by atoms with E-state index in [0.717, 1.165) is 85.4 Å². The van der Waals surface area contributed by atoms with Crippen LogP contribution in [0.2, 0.25) is 0 Å². The molecule has 9 heteroatoms. The first kappa shape index (κ1) is 33.1. The quantitative estimate of drug-likeness (QED) is 0.227. The Bertz CT molecular complexity index is 1920. The van der Waals surface area contributed by atoms with Gasteiger partial charge in [-0.3, -0.25) is 4.79 Å². The number of nitrogens with zero attached hydrogens (tertiary/aromatic N) is 3. The molecule has 5 heterocycles. The summed E-state index contributed by atoms with van der Waals surface area (Å²) in [7, 11) is 1.41. The maximum atomic E-state index is 12.7. The van der Waals surface area contributed by atoms with Gasteiger partial charge in [-0.15, -0.1) is 0 Å². The number of fused-ring (bicyclic) bond motifs is 5. The van der Waals surface area contributed by atoms with Gasteiger partial charge in [0.2, 0.25) is 0 Å². The van der Waals surface area contributed by atoms with E-state index in [1.54, 1.807) is 6.08 Å². The van der Waals surface area contributed by atoms with Crippen LogP contribution in [0.25, 0.3) is 0 Å². The lowest BCUT2D eigenvalue weighted by Crippen LogP contribution is -2.22. The predicted octanol–water partition coefficient (Wildman–Crippen LogP) is 7.51. The summed E-state index contributed by atoms with van der Waals surface area (Å²) in [6, 6.07) is 0. The molecule has 250 valence electrons. The number of nitrogens with one attached hydrogen (secondary N) is 1. The van der Waals surface area contributed by atoms with E-state index in [9.17, 15) is 14.7 Å². The topological polar surface area (TPSA) is 122 Å². The fraction of sp³-hybridized carbons (Fsp3) is 0.410. The van der Waals surface area contributed by atoms with Crippen LogP contribution >= 0.6 is 0 Å². The van der Waals surface area contributed by atoms with Crippen LogP contribution in [0.1, 0.15) is 81.1 Å². The molecule has 1 fully saturated rings. The smallest absolute Gasteiger partial charge is 0.331 e. The van der Waals surface area contributed by atoms with E-state index in [0.29, 0.717) is 24.3 Å². The van der Waals surface area contributed by atoms with Crippen LogP contribution in [0.5, 0.6) is 0 Å².